The van der Waals surface area contributed by atoms with E-state index in [1.54, 1.807) is 0 Å². The molecule has 0 heterocycles. The average Bonchev–Trinajstić information content (AvgIpc) is 2.64. The van der Waals surface area contributed by atoms with Crippen LogP contribution in [0.4, 0.5) is 8.78 Å². The second kappa shape index (κ2) is 4.61. The molecule has 3 nitrogen and oxygen atoms in total. The second-order valence-electron chi connectivity index (χ2n) is 3.88. The number of ketones is 1. The summed E-state index contributed by atoms with van der Waals surface area (Å²) in [5.41, 5.74) is -0.355. The Morgan fingerprint density at radius 2 is 2.12 bits per heavy atom. The van der Waals surface area contributed by atoms with Crippen LogP contribution < -0.4 is 0 Å². The van der Waals surface area contributed by atoms with Crippen LogP contribution in [0.15, 0.2) is 18.2 Å². The Morgan fingerprint density at radius 3 is 2.71 bits per heavy atom. The lowest BCUT2D eigenvalue weighted by Crippen LogP contribution is -2.22. The van der Waals surface area contributed by atoms with E-state index in [0.29, 0.717) is 25.3 Å². The molecule has 90 valence electrons. The van der Waals surface area contributed by atoms with Crippen LogP contribution in [0.25, 0.3) is 0 Å². The molecule has 1 unspecified atom stereocenters. The van der Waals surface area contributed by atoms with Crippen molar-refractivity contribution in [2.45, 2.75) is 25.4 Å². The van der Waals surface area contributed by atoms with E-state index < -0.39 is 23.7 Å². The molecule has 0 bridgehead atoms. The van der Waals surface area contributed by atoms with Crippen molar-refractivity contribution in [2.24, 2.45) is 0 Å². The molecular weight excluding hydrogens is 230 g/mol. The summed E-state index contributed by atoms with van der Waals surface area (Å²) in [4.78, 5) is 22.8. The summed E-state index contributed by atoms with van der Waals surface area (Å²) >= 11 is 0. The van der Waals surface area contributed by atoms with Crippen LogP contribution in [0.1, 0.15) is 29.6 Å². The van der Waals surface area contributed by atoms with Crippen LogP contribution in [-0.2, 0) is 9.53 Å². The Morgan fingerprint density at radius 1 is 1.35 bits per heavy atom. The summed E-state index contributed by atoms with van der Waals surface area (Å²) < 4.78 is 30.8. The largest absolute Gasteiger partial charge is 0.451 e. The maximum Gasteiger partial charge on any atom is 0.341 e. The van der Waals surface area contributed by atoms with Gasteiger partial charge in [0.05, 0.1) is 5.56 Å². The first-order valence-electron chi connectivity index (χ1n) is 5.26. The minimum Gasteiger partial charge on any atom is -0.451 e. The second-order valence-corrected chi connectivity index (χ2v) is 3.88. The van der Waals surface area contributed by atoms with Gasteiger partial charge in [-0.05, 0) is 25.0 Å². The zero-order valence-corrected chi connectivity index (χ0v) is 8.91. The number of rotatable bonds is 2. The summed E-state index contributed by atoms with van der Waals surface area (Å²) in [6.45, 7) is 0. The molecule has 0 aromatic heterocycles. The van der Waals surface area contributed by atoms with Gasteiger partial charge >= 0.3 is 5.97 Å². The molecule has 0 spiro atoms. The maximum absolute atomic E-state index is 13.2. The predicted molar refractivity (Wildman–Crippen MR) is 54.4 cm³/mol. The van der Waals surface area contributed by atoms with Crippen molar-refractivity contribution < 1.29 is 23.1 Å². The van der Waals surface area contributed by atoms with Crippen LogP contribution in [0, 0.1) is 11.6 Å². The number of Topliss-reactive ketones (excluding diaryl/α,β-unsaturated/α-hetero) is 1. The average molecular weight is 240 g/mol. The van der Waals surface area contributed by atoms with Gasteiger partial charge in [0, 0.05) is 12.5 Å². The predicted octanol–water partition coefficient (Wildman–Crippen LogP) is 2.24. The first kappa shape index (κ1) is 11.7. The molecule has 1 aromatic rings. The molecule has 1 aliphatic carbocycles. The van der Waals surface area contributed by atoms with Gasteiger partial charge in [-0.2, -0.15) is 0 Å². The SMILES string of the molecule is O=C(OC1CCCC1=O)c1ccc(F)cc1F. The van der Waals surface area contributed by atoms with Crippen molar-refractivity contribution in [1.82, 2.24) is 0 Å². The van der Waals surface area contributed by atoms with Crippen molar-refractivity contribution in [2.75, 3.05) is 0 Å². The van der Waals surface area contributed by atoms with Crippen molar-refractivity contribution in [3.8, 4) is 0 Å². The third-order valence-corrected chi connectivity index (χ3v) is 2.65. The summed E-state index contributed by atoms with van der Waals surface area (Å²) in [7, 11) is 0. The van der Waals surface area contributed by atoms with Crippen molar-refractivity contribution in [1.29, 1.82) is 0 Å². The highest BCUT2D eigenvalue weighted by molar-refractivity contribution is 5.93. The van der Waals surface area contributed by atoms with Crippen LogP contribution in [0.2, 0.25) is 0 Å². The van der Waals surface area contributed by atoms with E-state index in [1.165, 1.54) is 0 Å². The molecule has 0 N–H and O–H groups in total. The van der Waals surface area contributed by atoms with Crippen molar-refractivity contribution in [3.63, 3.8) is 0 Å². The van der Waals surface area contributed by atoms with Gasteiger partial charge in [-0.15, -0.1) is 0 Å². The van der Waals surface area contributed by atoms with Crippen molar-refractivity contribution >= 4 is 11.8 Å². The molecular formula is C12H10F2O3. The van der Waals surface area contributed by atoms with Gasteiger partial charge in [0.15, 0.2) is 11.9 Å². The zero-order chi connectivity index (χ0) is 12.4. The number of hydrogen-bond donors (Lipinski definition) is 0. The summed E-state index contributed by atoms with van der Waals surface area (Å²) in [5, 5.41) is 0. The monoisotopic (exact) mass is 240 g/mol. The fourth-order valence-electron chi connectivity index (χ4n) is 1.76. The normalized spacial score (nSPS) is 19.4. The lowest BCUT2D eigenvalue weighted by Gasteiger charge is -2.10. The van der Waals surface area contributed by atoms with Crippen LogP contribution in [0.5, 0.6) is 0 Å². The third-order valence-electron chi connectivity index (χ3n) is 2.65. The highest BCUT2D eigenvalue weighted by Gasteiger charge is 2.29. The Kier molecular flexibility index (Phi) is 3.17. The molecule has 1 fully saturated rings. The first-order valence-corrected chi connectivity index (χ1v) is 5.26. The molecule has 5 heteroatoms. The number of benzene rings is 1. The maximum atomic E-state index is 13.2. The summed E-state index contributed by atoms with van der Waals surface area (Å²) in [6, 6.07) is 2.58. The van der Waals surface area contributed by atoms with Gasteiger partial charge in [0.25, 0.3) is 0 Å². The van der Waals surface area contributed by atoms with E-state index in [9.17, 15) is 18.4 Å². The molecule has 17 heavy (non-hydrogen) atoms. The molecule has 0 saturated heterocycles. The fourth-order valence-corrected chi connectivity index (χ4v) is 1.76. The molecule has 1 saturated carbocycles. The lowest BCUT2D eigenvalue weighted by molar-refractivity contribution is -0.124. The minimum atomic E-state index is -0.986. The van der Waals surface area contributed by atoms with Crippen LogP contribution in [0.3, 0.4) is 0 Å². The summed E-state index contributed by atoms with van der Waals surface area (Å²) in [5.74, 6) is -2.83. The highest BCUT2D eigenvalue weighted by atomic mass is 19.1. The number of carbonyl (C=O) groups is 2. The van der Waals surface area contributed by atoms with E-state index in [0.717, 1.165) is 12.1 Å². The molecule has 1 atom stereocenters. The molecule has 0 radical (unpaired) electrons. The quantitative estimate of drug-likeness (QED) is 0.744. The van der Waals surface area contributed by atoms with Gasteiger partial charge in [-0.25, -0.2) is 13.6 Å². The fraction of sp³-hybridized carbons (Fsp3) is 0.333. The Bertz CT molecular complexity index is 471. The lowest BCUT2D eigenvalue weighted by atomic mass is 10.2. The van der Waals surface area contributed by atoms with Gasteiger partial charge in [-0.1, -0.05) is 0 Å². The summed E-state index contributed by atoms with van der Waals surface area (Å²) in [6.07, 6.45) is 0.729. The molecule has 0 amide bonds. The highest BCUT2D eigenvalue weighted by Crippen LogP contribution is 2.20. The molecule has 2 rings (SSSR count). The van der Waals surface area contributed by atoms with E-state index in [4.69, 9.17) is 4.74 Å². The molecule has 0 aliphatic heterocycles. The Labute approximate surface area is 96.4 Å². The van der Waals surface area contributed by atoms with Crippen molar-refractivity contribution in [3.05, 3.63) is 35.4 Å². The topological polar surface area (TPSA) is 43.4 Å². The molecule has 1 aromatic carbocycles. The van der Waals surface area contributed by atoms with Crippen LogP contribution >= 0.6 is 0 Å². The van der Waals surface area contributed by atoms with E-state index in [1.807, 2.05) is 0 Å². The number of ether oxygens (including phenoxy) is 1. The number of halogens is 2. The first-order chi connectivity index (χ1) is 8.08. The number of hydrogen-bond acceptors (Lipinski definition) is 3. The van der Waals surface area contributed by atoms with E-state index in [2.05, 4.69) is 0 Å². The van der Waals surface area contributed by atoms with Gasteiger partial charge in [0.1, 0.15) is 11.6 Å². The van der Waals surface area contributed by atoms with E-state index in [-0.39, 0.29) is 11.3 Å². The number of esters is 1. The van der Waals surface area contributed by atoms with Gasteiger partial charge < -0.3 is 4.74 Å². The van der Waals surface area contributed by atoms with Crippen LogP contribution in [-0.4, -0.2) is 17.9 Å². The number of carbonyl (C=O) groups excluding carboxylic acids is 2. The Balaban J connectivity index is 2.11. The third kappa shape index (κ3) is 2.49. The van der Waals surface area contributed by atoms with Gasteiger partial charge in [0.2, 0.25) is 0 Å². The standard InChI is InChI=1S/C12H10F2O3/c13-7-4-5-8(9(14)6-7)12(16)17-11-3-1-2-10(11)15/h4-6,11H,1-3H2. The smallest absolute Gasteiger partial charge is 0.341 e. The minimum absolute atomic E-state index is 0.152. The zero-order valence-electron chi connectivity index (χ0n) is 8.91. The van der Waals surface area contributed by atoms with Gasteiger partial charge in [-0.3, -0.25) is 4.79 Å². The van der Waals surface area contributed by atoms with E-state index >= 15 is 0 Å². The Hall–Kier alpha value is -1.78. The molecule has 1 aliphatic rings.